The number of hydrogen-bond acceptors (Lipinski definition) is 3. The molecule has 1 atom stereocenters. The molecule has 0 heterocycles. The van der Waals surface area contributed by atoms with Gasteiger partial charge in [-0.3, -0.25) is 4.79 Å². The number of nitrogens with one attached hydrogen (secondary N) is 1. The predicted octanol–water partition coefficient (Wildman–Crippen LogP) is 4.68. The lowest BCUT2D eigenvalue weighted by molar-refractivity contribution is -0.124. The van der Waals surface area contributed by atoms with E-state index in [2.05, 4.69) is 5.32 Å². The Kier molecular flexibility index (Phi) is 6.49. The predicted molar refractivity (Wildman–Crippen MR) is 94.8 cm³/mol. The maximum absolute atomic E-state index is 11.9. The van der Waals surface area contributed by atoms with Crippen molar-refractivity contribution in [3.63, 3.8) is 0 Å². The van der Waals surface area contributed by atoms with E-state index >= 15 is 0 Å². The molecule has 0 spiro atoms. The Bertz CT molecular complexity index is 764. The van der Waals surface area contributed by atoms with Gasteiger partial charge in [0.1, 0.15) is 0 Å². The molecule has 0 radical (unpaired) electrons. The zero-order chi connectivity index (χ0) is 17.7. The number of carbonyl (C=O) groups excluding carboxylic acids is 2. The van der Waals surface area contributed by atoms with E-state index in [1.165, 1.54) is 6.07 Å². The third-order valence-corrected chi connectivity index (χ3v) is 4.32. The normalized spacial score (nSPS) is 11.7. The van der Waals surface area contributed by atoms with Crippen LogP contribution in [0.3, 0.4) is 0 Å². The molecule has 0 unspecified atom stereocenters. The summed E-state index contributed by atoms with van der Waals surface area (Å²) in [5, 5.41) is 3.82. The van der Waals surface area contributed by atoms with Crippen LogP contribution in [-0.4, -0.2) is 18.5 Å². The summed E-state index contributed by atoms with van der Waals surface area (Å²) in [6.45, 7) is 1.38. The van der Waals surface area contributed by atoms with Crippen molar-refractivity contribution in [2.75, 3.05) is 6.61 Å². The highest BCUT2D eigenvalue weighted by atomic mass is 35.5. The molecule has 0 saturated heterocycles. The standard InChI is InChI=1S/C17H14Cl3NO3/c1-10(11-6-7-14(19)15(20)8-11)21-16(22)9-24-17(23)12-4-2-3-5-13(12)18/h2-8,10H,9H2,1H3,(H,21,22)/t10-/m0/s1. The highest BCUT2D eigenvalue weighted by Gasteiger charge is 2.15. The Morgan fingerprint density at radius 1 is 1.04 bits per heavy atom. The second-order valence-corrected chi connectivity index (χ2v) is 6.24. The molecule has 0 aliphatic rings. The summed E-state index contributed by atoms with van der Waals surface area (Å²) in [6.07, 6.45) is 0. The lowest BCUT2D eigenvalue weighted by Gasteiger charge is -2.15. The second-order valence-electron chi connectivity index (χ2n) is 5.02. The maximum Gasteiger partial charge on any atom is 0.340 e. The third kappa shape index (κ3) is 4.87. The van der Waals surface area contributed by atoms with Gasteiger partial charge < -0.3 is 10.1 Å². The molecule has 0 saturated carbocycles. The molecule has 2 rings (SSSR count). The summed E-state index contributed by atoms with van der Waals surface area (Å²) in [5.41, 5.74) is 1.000. The molecule has 1 N–H and O–H groups in total. The molecule has 7 heteroatoms. The smallest absolute Gasteiger partial charge is 0.340 e. The minimum atomic E-state index is -0.655. The van der Waals surface area contributed by atoms with Gasteiger partial charge in [-0.2, -0.15) is 0 Å². The molecular formula is C17H14Cl3NO3. The van der Waals surface area contributed by atoms with Crippen molar-refractivity contribution >= 4 is 46.7 Å². The van der Waals surface area contributed by atoms with Crippen LogP contribution in [0.4, 0.5) is 0 Å². The molecule has 0 aliphatic heterocycles. The zero-order valence-electron chi connectivity index (χ0n) is 12.7. The van der Waals surface area contributed by atoms with E-state index < -0.39 is 18.5 Å². The monoisotopic (exact) mass is 385 g/mol. The zero-order valence-corrected chi connectivity index (χ0v) is 15.0. The number of ether oxygens (including phenoxy) is 1. The van der Waals surface area contributed by atoms with Crippen molar-refractivity contribution in [2.24, 2.45) is 0 Å². The molecule has 1 amide bonds. The number of benzene rings is 2. The average molecular weight is 387 g/mol. The first-order valence-electron chi connectivity index (χ1n) is 7.04. The van der Waals surface area contributed by atoms with Gasteiger partial charge in [0.2, 0.25) is 0 Å². The average Bonchev–Trinajstić information content (AvgIpc) is 2.55. The minimum Gasteiger partial charge on any atom is -0.452 e. The number of rotatable bonds is 5. The molecule has 126 valence electrons. The van der Waals surface area contributed by atoms with Crippen LogP contribution in [0.1, 0.15) is 28.9 Å². The van der Waals surface area contributed by atoms with Gasteiger partial charge in [-0.1, -0.05) is 53.0 Å². The molecule has 0 aliphatic carbocycles. The van der Waals surface area contributed by atoms with E-state index in [1.54, 1.807) is 43.3 Å². The van der Waals surface area contributed by atoms with E-state index in [-0.39, 0.29) is 16.6 Å². The van der Waals surface area contributed by atoms with Crippen LogP contribution in [0.25, 0.3) is 0 Å². The lowest BCUT2D eigenvalue weighted by atomic mass is 10.1. The van der Waals surface area contributed by atoms with Gasteiger partial charge in [0.25, 0.3) is 5.91 Å². The first-order chi connectivity index (χ1) is 11.4. The van der Waals surface area contributed by atoms with Crippen LogP contribution in [-0.2, 0) is 9.53 Å². The van der Waals surface area contributed by atoms with Gasteiger partial charge >= 0.3 is 5.97 Å². The molecule has 0 fully saturated rings. The Labute approximate surface area is 154 Å². The molecule has 4 nitrogen and oxygen atoms in total. The lowest BCUT2D eigenvalue weighted by Crippen LogP contribution is -2.31. The quantitative estimate of drug-likeness (QED) is 0.759. The largest absolute Gasteiger partial charge is 0.452 e. The van der Waals surface area contributed by atoms with Gasteiger partial charge in [0.15, 0.2) is 6.61 Å². The van der Waals surface area contributed by atoms with Crippen LogP contribution >= 0.6 is 34.8 Å². The maximum atomic E-state index is 11.9. The van der Waals surface area contributed by atoms with Crippen molar-refractivity contribution in [3.05, 3.63) is 68.7 Å². The minimum absolute atomic E-state index is 0.212. The van der Waals surface area contributed by atoms with Gasteiger partial charge in [-0.05, 0) is 36.8 Å². The third-order valence-electron chi connectivity index (χ3n) is 3.25. The fourth-order valence-electron chi connectivity index (χ4n) is 1.98. The molecule has 0 bridgehead atoms. The van der Waals surface area contributed by atoms with Crippen molar-refractivity contribution < 1.29 is 14.3 Å². The Balaban J connectivity index is 1.90. The Morgan fingerprint density at radius 2 is 1.75 bits per heavy atom. The molecule has 0 aromatic heterocycles. The number of esters is 1. The van der Waals surface area contributed by atoms with Crippen LogP contribution in [0, 0.1) is 0 Å². The number of halogens is 3. The Morgan fingerprint density at radius 3 is 2.42 bits per heavy atom. The van der Waals surface area contributed by atoms with Gasteiger partial charge in [-0.15, -0.1) is 0 Å². The summed E-state index contributed by atoms with van der Waals surface area (Å²) in [5.74, 6) is -1.09. The highest BCUT2D eigenvalue weighted by Crippen LogP contribution is 2.25. The summed E-state index contributed by atoms with van der Waals surface area (Å²) in [6, 6.07) is 11.2. The van der Waals surface area contributed by atoms with Gasteiger partial charge in [-0.25, -0.2) is 4.79 Å². The highest BCUT2D eigenvalue weighted by molar-refractivity contribution is 6.42. The topological polar surface area (TPSA) is 55.4 Å². The van der Waals surface area contributed by atoms with Crippen LogP contribution < -0.4 is 5.32 Å². The first kappa shape index (κ1) is 18.6. The SMILES string of the molecule is C[C@H](NC(=O)COC(=O)c1ccccc1Cl)c1ccc(Cl)c(Cl)c1. The van der Waals surface area contributed by atoms with Crippen LogP contribution in [0.2, 0.25) is 15.1 Å². The summed E-state index contributed by atoms with van der Waals surface area (Å²) in [7, 11) is 0. The van der Waals surface area contributed by atoms with E-state index in [0.29, 0.717) is 10.0 Å². The fourth-order valence-corrected chi connectivity index (χ4v) is 2.50. The van der Waals surface area contributed by atoms with Crippen LogP contribution in [0.15, 0.2) is 42.5 Å². The van der Waals surface area contributed by atoms with Crippen molar-refractivity contribution in [1.29, 1.82) is 0 Å². The summed E-state index contributed by atoms with van der Waals surface area (Å²) >= 11 is 17.7. The van der Waals surface area contributed by atoms with Gasteiger partial charge in [0.05, 0.1) is 26.7 Å². The van der Waals surface area contributed by atoms with Crippen LogP contribution in [0.5, 0.6) is 0 Å². The van der Waals surface area contributed by atoms with E-state index in [4.69, 9.17) is 39.5 Å². The summed E-state index contributed by atoms with van der Waals surface area (Å²) in [4.78, 5) is 23.8. The summed E-state index contributed by atoms with van der Waals surface area (Å²) < 4.78 is 4.97. The second kappa shape index (κ2) is 8.38. The van der Waals surface area contributed by atoms with E-state index in [9.17, 15) is 9.59 Å². The Hall–Kier alpha value is -1.75. The number of carbonyl (C=O) groups is 2. The number of hydrogen-bond donors (Lipinski definition) is 1. The van der Waals surface area contributed by atoms with Gasteiger partial charge in [0, 0.05) is 0 Å². The van der Waals surface area contributed by atoms with E-state index in [0.717, 1.165) is 5.56 Å². The van der Waals surface area contributed by atoms with Crippen molar-refractivity contribution in [3.8, 4) is 0 Å². The fraction of sp³-hybridized carbons (Fsp3) is 0.176. The van der Waals surface area contributed by atoms with Crippen molar-refractivity contribution in [1.82, 2.24) is 5.32 Å². The molecule has 2 aromatic carbocycles. The van der Waals surface area contributed by atoms with E-state index in [1.807, 2.05) is 0 Å². The molecule has 24 heavy (non-hydrogen) atoms. The van der Waals surface area contributed by atoms with Crippen molar-refractivity contribution in [2.45, 2.75) is 13.0 Å². The number of amides is 1. The molecule has 2 aromatic rings. The molecular weight excluding hydrogens is 373 g/mol. The first-order valence-corrected chi connectivity index (χ1v) is 8.18.